The van der Waals surface area contributed by atoms with Gasteiger partial charge in [0.05, 0.1) is 6.26 Å². The number of rotatable bonds is 1. The van der Waals surface area contributed by atoms with Crippen molar-refractivity contribution >= 4 is 11.2 Å². The second-order valence-corrected chi connectivity index (χ2v) is 3.11. The predicted octanol–water partition coefficient (Wildman–Crippen LogP) is 0.587. The molecule has 0 aliphatic rings. The van der Waals surface area contributed by atoms with Gasteiger partial charge in [-0.3, -0.25) is 0 Å². The molecule has 2 heteroatoms. The first kappa shape index (κ1) is 6.31. The molecular formula is C4H9OS. The van der Waals surface area contributed by atoms with E-state index in [2.05, 4.69) is 6.92 Å². The minimum Gasteiger partial charge on any atom is -0.616 e. The Morgan fingerprint density at radius 1 is 1.83 bits per heavy atom. The van der Waals surface area contributed by atoms with Crippen molar-refractivity contribution in [1.29, 1.82) is 0 Å². The first-order valence-corrected chi connectivity index (χ1v) is 3.42. The van der Waals surface area contributed by atoms with Crippen LogP contribution in [0.5, 0.6) is 0 Å². The third-order valence-electron chi connectivity index (χ3n) is 0.567. The van der Waals surface area contributed by atoms with E-state index >= 15 is 0 Å². The first-order valence-electron chi connectivity index (χ1n) is 1.80. The van der Waals surface area contributed by atoms with Crippen LogP contribution in [-0.2, 0) is 11.2 Å². The maximum atomic E-state index is 10.2. The molecule has 0 aromatic rings. The van der Waals surface area contributed by atoms with Crippen molar-refractivity contribution in [2.45, 2.75) is 12.2 Å². The highest BCUT2D eigenvalue weighted by Crippen LogP contribution is 1.91. The summed E-state index contributed by atoms with van der Waals surface area (Å²) in [5, 5.41) is 0.0741. The molecule has 0 bridgehead atoms. The van der Waals surface area contributed by atoms with Gasteiger partial charge in [-0.25, -0.2) is 0 Å². The van der Waals surface area contributed by atoms with Gasteiger partial charge in [-0.05, 0) is 13.8 Å². The van der Waals surface area contributed by atoms with Gasteiger partial charge in [0.25, 0.3) is 0 Å². The highest BCUT2D eigenvalue weighted by molar-refractivity contribution is 7.91. The van der Waals surface area contributed by atoms with Crippen molar-refractivity contribution in [3.8, 4) is 0 Å². The fourth-order valence-electron chi connectivity index (χ4n) is 0. The van der Waals surface area contributed by atoms with Gasteiger partial charge in [-0.1, -0.05) is 11.2 Å². The summed E-state index contributed by atoms with van der Waals surface area (Å²) in [7, 11) is 0. The standard InChI is InChI=1S/C4H9OS/c1-4(2)6(3)5/h4H,1H2,2-3H3. The lowest BCUT2D eigenvalue weighted by molar-refractivity contribution is 0.596. The Morgan fingerprint density at radius 2 is 2.00 bits per heavy atom. The van der Waals surface area contributed by atoms with E-state index in [1.165, 1.54) is 0 Å². The van der Waals surface area contributed by atoms with Gasteiger partial charge < -0.3 is 4.55 Å². The Balaban J connectivity index is 2.99. The third kappa shape index (κ3) is 2.54. The van der Waals surface area contributed by atoms with Crippen molar-refractivity contribution in [2.24, 2.45) is 0 Å². The van der Waals surface area contributed by atoms with Crippen molar-refractivity contribution in [1.82, 2.24) is 0 Å². The van der Waals surface area contributed by atoms with E-state index in [-0.39, 0.29) is 5.25 Å². The topological polar surface area (TPSA) is 23.1 Å². The van der Waals surface area contributed by atoms with Crippen LogP contribution in [0.2, 0.25) is 0 Å². The summed E-state index contributed by atoms with van der Waals surface area (Å²) < 4.78 is 10.2. The molecule has 0 saturated carbocycles. The molecule has 6 heavy (non-hydrogen) atoms. The zero-order valence-corrected chi connectivity index (χ0v) is 4.92. The van der Waals surface area contributed by atoms with Crippen molar-refractivity contribution < 1.29 is 4.55 Å². The third-order valence-corrected chi connectivity index (χ3v) is 1.70. The van der Waals surface area contributed by atoms with Crippen molar-refractivity contribution in [3.05, 3.63) is 6.92 Å². The maximum absolute atomic E-state index is 10.2. The molecule has 0 aliphatic heterocycles. The molecule has 0 rings (SSSR count). The Labute approximate surface area is 41.9 Å². The largest absolute Gasteiger partial charge is 0.616 e. The molecule has 0 N–H and O–H groups in total. The number of hydrogen-bond donors (Lipinski definition) is 0. The van der Waals surface area contributed by atoms with Crippen LogP contribution in [0.1, 0.15) is 6.92 Å². The van der Waals surface area contributed by atoms with Crippen LogP contribution in [-0.4, -0.2) is 16.1 Å². The van der Waals surface area contributed by atoms with Crippen molar-refractivity contribution in [2.75, 3.05) is 6.26 Å². The molecule has 0 aromatic carbocycles. The number of hydrogen-bond acceptors (Lipinski definition) is 1. The van der Waals surface area contributed by atoms with E-state index in [0.717, 1.165) is 0 Å². The second-order valence-electron chi connectivity index (χ2n) is 1.31. The molecule has 1 nitrogen and oxygen atoms in total. The predicted molar refractivity (Wildman–Crippen MR) is 28.9 cm³/mol. The van der Waals surface area contributed by atoms with Gasteiger partial charge in [-0.15, -0.1) is 0 Å². The van der Waals surface area contributed by atoms with Crippen LogP contribution in [0.25, 0.3) is 0 Å². The summed E-state index contributed by atoms with van der Waals surface area (Å²) in [6.45, 7) is 5.37. The van der Waals surface area contributed by atoms with Gasteiger partial charge in [-0.2, -0.15) is 0 Å². The Kier molecular flexibility index (Phi) is 2.61. The first-order chi connectivity index (χ1) is 2.64. The molecule has 0 spiro atoms. The minimum absolute atomic E-state index is 0.0741. The highest BCUT2D eigenvalue weighted by atomic mass is 32.2. The van der Waals surface area contributed by atoms with Gasteiger partial charge in [0, 0.05) is 0 Å². The van der Waals surface area contributed by atoms with Crippen LogP contribution in [0.3, 0.4) is 0 Å². The lowest BCUT2D eigenvalue weighted by Gasteiger charge is -2.05. The molecule has 0 saturated heterocycles. The van der Waals surface area contributed by atoms with Crippen LogP contribution >= 0.6 is 0 Å². The smallest absolute Gasteiger partial charge is 0.112 e. The summed E-state index contributed by atoms with van der Waals surface area (Å²) in [4.78, 5) is 0. The van der Waals surface area contributed by atoms with E-state index in [1.807, 2.05) is 6.92 Å². The van der Waals surface area contributed by atoms with Gasteiger partial charge in [0.1, 0.15) is 5.25 Å². The Hall–Kier alpha value is 0.310. The van der Waals surface area contributed by atoms with E-state index in [1.54, 1.807) is 6.26 Å². The maximum Gasteiger partial charge on any atom is 0.112 e. The van der Waals surface area contributed by atoms with Gasteiger partial charge in [0.15, 0.2) is 0 Å². The Morgan fingerprint density at radius 3 is 2.00 bits per heavy atom. The molecule has 0 heterocycles. The molecule has 1 radical (unpaired) electrons. The quantitative estimate of drug-likeness (QED) is 0.447. The molecule has 37 valence electrons. The van der Waals surface area contributed by atoms with Crippen LogP contribution in [0.15, 0.2) is 0 Å². The monoisotopic (exact) mass is 105 g/mol. The summed E-state index contributed by atoms with van der Waals surface area (Å²) in [6, 6.07) is 0. The fourth-order valence-corrected chi connectivity index (χ4v) is 0. The molecule has 0 fully saturated rings. The van der Waals surface area contributed by atoms with Crippen LogP contribution in [0, 0.1) is 6.92 Å². The Bertz CT molecular complexity index is 28.5. The molecule has 0 amide bonds. The zero-order chi connectivity index (χ0) is 5.15. The van der Waals surface area contributed by atoms with E-state index in [4.69, 9.17) is 0 Å². The average Bonchev–Trinajstić information content (AvgIpc) is 1.36. The summed E-state index contributed by atoms with van der Waals surface area (Å²) >= 11 is -0.728. The normalized spacial score (nSPS) is 15.5. The van der Waals surface area contributed by atoms with E-state index < -0.39 is 11.2 Å². The van der Waals surface area contributed by atoms with Gasteiger partial charge in [0.2, 0.25) is 0 Å². The molecule has 2 atom stereocenters. The highest BCUT2D eigenvalue weighted by Gasteiger charge is 1.99. The van der Waals surface area contributed by atoms with Crippen LogP contribution < -0.4 is 0 Å². The zero-order valence-electron chi connectivity index (χ0n) is 4.10. The minimum atomic E-state index is -0.728. The van der Waals surface area contributed by atoms with E-state index in [9.17, 15) is 4.55 Å². The average molecular weight is 105 g/mol. The van der Waals surface area contributed by atoms with Crippen molar-refractivity contribution in [3.63, 3.8) is 0 Å². The second kappa shape index (κ2) is 2.48. The lowest BCUT2D eigenvalue weighted by atomic mass is 10.6. The molecule has 0 aliphatic carbocycles. The fraction of sp³-hybridized carbons (Fsp3) is 0.750. The molecule has 2 unspecified atom stereocenters. The molecule has 0 aromatic heterocycles. The van der Waals surface area contributed by atoms with Gasteiger partial charge >= 0.3 is 0 Å². The lowest BCUT2D eigenvalue weighted by Crippen LogP contribution is -2.10. The summed E-state index contributed by atoms with van der Waals surface area (Å²) in [6.07, 6.45) is 1.65. The van der Waals surface area contributed by atoms with Crippen LogP contribution in [0.4, 0.5) is 0 Å². The molecular weight excluding hydrogens is 96.1 g/mol. The summed E-state index contributed by atoms with van der Waals surface area (Å²) in [5.41, 5.74) is 0. The SMILES string of the molecule is [CH2]C(C)[S+](C)[O-]. The summed E-state index contributed by atoms with van der Waals surface area (Å²) in [5.74, 6) is 0. The van der Waals surface area contributed by atoms with E-state index in [0.29, 0.717) is 0 Å².